The van der Waals surface area contributed by atoms with Gasteiger partial charge in [0, 0.05) is 0 Å². The Hall–Kier alpha value is -1.65. The quantitative estimate of drug-likeness (QED) is 0.412. The van der Waals surface area contributed by atoms with E-state index in [1.807, 2.05) is 25.1 Å². The van der Waals surface area contributed by atoms with Crippen molar-refractivity contribution in [1.29, 1.82) is 0 Å². The van der Waals surface area contributed by atoms with Crippen molar-refractivity contribution in [3.05, 3.63) is 55.1 Å². The van der Waals surface area contributed by atoms with Crippen molar-refractivity contribution in [2.24, 2.45) is 11.8 Å². The molecule has 1 N–H and O–H groups in total. The molecular formula is C21H32O3Si. The average Bonchev–Trinajstić information content (AvgIpc) is 2.57. The number of carbonyl (C=O) groups is 1. The fourth-order valence-electron chi connectivity index (χ4n) is 3.81. The zero-order valence-electron chi connectivity index (χ0n) is 16.1. The maximum absolute atomic E-state index is 12.8. The third-order valence-electron chi connectivity index (χ3n) is 4.83. The lowest BCUT2D eigenvalue weighted by molar-refractivity contribution is -0.151. The van der Waals surface area contributed by atoms with Gasteiger partial charge in [-0.2, -0.15) is 0 Å². The van der Waals surface area contributed by atoms with E-state index in [0.717, 1.165) is 0 Å². The molecule has 0 spiro atoms. The molecule has 0 aliphatic carbocycles. The van der Waals surface area contributed by atoms with Gasteiger partial charge >= 0.3 is 5.97 Å². The van der Waals surface area contributed by atoms with Gasteiger partial charge in [-0.15, -0.1) is 0 Å². The number of allylic oxidation sites excluding steroid dienone is 1. The van der Waals surface area contributed by atoms with Crippen LogP contribution in [0.3, 0.4) is 0 Å². The number of hydrogen-bond acceptors (Lipinski definition) is 3. The van der Waals surface area contributed by atoms with Crippen LogP contribution in [-0.2, 0) is 9.53 Å². The molecule has 0 aliphatic rings. The molecule has 0 heterocycles. The molecule has 3 nitrogen and oxygen atoms in total. The topological polar surface area (TPSA) is 46.5 Å². The van der Waals surface area contributed by atoms with Crippen molar-refractivity contribution in [3.8, 4) is 0 Å². The monoisotopic (exact) mass is 360 g/mol. The molecule has 0 saturated carbocycles. The molecule has 0 bridgehead atoms. The Morgan fingerprint density at radius 3 is 2.36 bits per heavy atom. The van der Waals surface area contributed by atoms with Crippen molar-refractivity contribution in [2.75, 3.05) is 6.61 Å². The van der Waals surface area contributed by atoms with Crippen molar-refractivity contribution < 1.29 is 14.6 Å². The van der Waals surface area contributed by atoms with Crippen LogP contribution in [0.5, 0.6) is 0 Å². The fraction of sp³-hybridized carbons (Fsp3) is 0.476. The van der Waals surface area contributed by atoms with Gasteiger partial charge in [0.05, 0.1) is 20.1 Å². The van der Waals surface area contributed by atoms with Crippen LogP contribution in [0.25, 0.3) is 0 Å². The second-order valence-electron chi connectivity index (χ2n) is 7.32. The molecule has 0 saturated heterocycles. The number of ether oxygens (including phenoxy) is 1. The highest BCUT2D eigenvalue weighted by Gasteiger charge is 2.46. The predicted octanol–water partition coefficient (Wildman–Crippen LogP) is 3.91. The van der Waals surface area contributed by atoms with E-state index in [9.17, 15) is 9.90 Å². The summed E-state index contributed by atoms with van der Waals surface area (Å²) in [6.45, 7) is 14.4. The summed E-state index contributed by atoms with van der Waals surface area (Å²) in [4.78, 5) is 12.8. The largest absolute Gasteiger partial charge is 0.461 e. The van der Waals surface area contributed by atoms with Gasteiger partial charge in [-0.25, -0.2) is 0 Å². The predicted molar refractivity (Wildman–Crippen MR) is 108 cm³/mol. The number of benzene rings is 1. The summed E-state index contributed by atoms with van der Waals surface area (Å²) in [6, 6.07) is 10.3. The Morgan fingerprint density at radius 2 is 1.88 bits per heavy atom. The van der Waals surface area contributed by atoms with Crippen LogP contribution < -0.4 is 5.19 Å². The molecule has 0 amide bonds. The van der Waals surface area contributed by atoms with Crippen LogP contribution in [0.15, 0.2) is 55.1 Å². The van der Waals surface area contributed by atoms with Gasteiger partial charge in [0.25, 0.3) is 0 Å². The van der Waals surface area contributed by atoms with Gasteiger partial charge in [-0.05, 0) is 18.4 Å². The SMILES string of the molecule is C=CCOC(=O)[C@@H]([C@@H](O)/C=C/C)[C@H](C(C)C)[Si](C)(C)c1ccccc1. The molecule has 138 valence electrons. The number of aliphatic hydroxyl groups is 1. The molecule has 0 aliphatic heterocycles. The van der Waals surface area contributed by atoms with Crippen LogP contribution in [0.1, 0.15) is 20.8 Å². The summed E-state index contributed by atoms with van der Waals surface area (Å²) >= 11 is 0. The molecule has 0 radical (unpaired) electrons. The number of hydrogen-bond donors (Lipinski definition) is 1. The Morgan fingerprint density at radius 1 is 1.28 bits per heavy atom. The average molecular weight is 361 g/mol. The second kappa shape index (κ2) is 9.73. The summed E-state index contributed by atoms with van der Waals surface area (Å²) < 4.78 is 5.35. The van der Waals surface area contributed by atoms with Crippen LogP contribution in [0, 0.1) is 11.8 Å². The van der Waals surface area contributed by atoms with Gasteiger partial charge in [0.1, 0.15) is 6.61 Å². The molecule has 0 fully saturated rings. The van der Waals surface area contributed by atoms with Gasteiger partial charge in [-0.3, -0.25) is 4.79 Å². The minimum absolute atomic E-state index is 0.0402. The first-order chi connectivity index (χ1) is 11.8. The maximum atomic E-state index is 12.8. The van der Waals surface area contributed by atoms with Crippen LogP contribution >= 0.6 is 0 Å². The summed E-state index contributed by atoms with van der Waals surface area (Å²) in [5, 5.41) is 12.0. The molecule has 25 heavy (non-hydrogen) atoms. The third kappa shape index (κ3) is 5.41. The smallest absolute Gasteiger partial charge is 0.312 e. The normalized spacial score (nSPS) is 15.8. The second-order valence-corrected chi connectivity index (χ2v) is 12.0. The maximum Gasteiger partial charge on any atom is 0.312 e. The molecular weight excluding hydrogens is 328 g/mol. The molecule has 0 aromatic heterocycles. The van der Waals surface area contributed by atoms with Crippen molar-refractivity contribution in [3.63, 3.8) is 0 Å². The van der Waals surface area contributed by atoms with E-state index in [1.54, 1.807) is 18.2 Å². The number of rotatable bonds is 9. The van der Waals surface area contributed by atoms with E-state index in [0.29, 0.717) is 0 Å². The Balaban J connectivity index is 3.36. The van der Waals surface area contributed by atoms with Crippen LogP contribution in [0.4, 0.5) is 0 Å². The fourth-order valence-corrected chi connectivity index (χ4v) is 8.14. The van der Waals surface area contributed by atoms with E-state index in [1.165, 1.54) is 5.19 Å². The van der Waals surface area contributed by atoms with Gasteiger partial charge < -0.3 is 9.84 Å². The van der Waals surface area contributed by atoms with Gasteiger partial charge in [0.15, 0.2) is 0 Å². The molecule has 3 atom stereocenters. The lowest BCUT2D eigenvalue weighted by Gasteiger charge is -2.41. The molecule has 1 rings (SSSR count). The van der Waals surface area contributed by atoms with Crippen LogP contribution in [0.2, 0.25) is 18.6 Å². The zero-order valence-corrected chi connectivity index (χ0v) is 17.1. The summed E-state index contributed by atoms with van der Waals surface area (Å²) in [5.74, 6) is -0.693. The van der Waals surface area contributed by atoms with E-state index in [-0.39, 0.29) is 24.0 Å². The van der Waals surface area contributed by atoms with Crippen LogP contribution in [-0.4, -0.2) is 31.9 Å². The third-order valence-corrected chi connectivity index (χ3v) is 9.34. The van der Waals surface area contributed by atoms with E-state index >= 15 is 0 Å². The Kier molecular flexibility index (Phi) is 8.33. The van der Waals surface area contributed by atoms with Crippen molar-refractivity contribution >= 4 is 19.2 Å². The van der Waals surface area contributed by atoms with Gasteiger partial charge in [-0.1, -0.05) is 87.3 Å². The number of carbonyl (C=O) groups excluding carboxylic acids is 1. The summed E-state index contributed by atoms with van der Waals surface area (Å²) in [7, 11) is -2.05. The number of esters is 1. The molecule has 1 aromatic carbocycles. The van der Waals surface area contributed by atoms with Crippen molar-refractivity contribution in [1.82, 2.24) is 0 Å². The highest BCUT2D eigenvalue weighted by molar-refractivity contribution is 6.91. The molecule has 0 unspecified atom stereocenters. The lowest BCUT2D eigenvalue weighted by Crippen LogP contribution is -2.53. The molecule has 1 aromatic rings. The van der Waals surface area contributed by atoms with Crippen molar-refractivity contribution in [2.45, 2.75) is 45.5 Å². The Labute approximate surface area is 153 Å². The highest BCUT2D eigenvalue weighted by atomic mass is 28.3. The standard InChI is InChI=1S/C21H32O3Si/c1-7-12-18(22)19(21(23)24-15-8-2)20(16(3)4)25(5,6)17-13-10-9-11-14-17/h7-14,16,18-20,22H,2,15H2,1,3-6H3/b12-7+/t18-,19-,20-/m0/s1. The minimum Gasteiger partial charge on any atom is -0.461 e. The Bertz CT molecular complexity index is 578. The minimum atomic E-state index is -2.05. The van der Waals surface area contributed by atoms with E-state index in [2.05, 4.69) is 45.7 Å². The first-order valence-electron chi connectivity index (χ1n) is 8.91. The molecule has 4 heteroatoms. The highest BCUT2D eigenvalue weighted by Crippen LogP contribution is 2.39. The zero-order chi connectivity index (χ0) is 19.0. The number of aliphatic hydroxyl groups excluding tert-OH is 1. The summed E-state index contributed by atoms with van der Waals surface area (Å²) in [5.41, 5.74) is 0.0402. The lowest BCUT2D eigenvalue weighted by atomic mass is 9.90. The summed E-state index contributed by atoms with van der Waals surface area (Å²) in [6.07, 6.45) is 4.17. The first-order valence-corrected chi connectivity index (χ1v) is 12.0. The van der Waals surface area contributed by atoms with Gasteiger partial charge in [0.2, 0.25) is 0 Å². The van der Waals surface area contributed by atoms with E-state index in [4.69, 9.17) is 4.74 Å². The first kappa shape index (κ1) is 21.4. The van der Waals surface area contributed by atoms with E-state index < -0.39 is 20.1 Å².